The molecule has 0 bridgehead atoms. The van der Waals surface area contributed by atoms with E-state index in [1.54, 1.807) is 13.1 Å². The smallest absolute Gasteiger partial charge is 0.343 e. The molecule has 2 aromatic heterocycles. The van der Waals surface area contributed by atoms with Gasteiger partial charge in [-0.05, 0) is 31.0 Å². The minimum atomic E-state index is -0.339. The van der Waals surface area contributed by atoms with Crippen LogP contribution in [-0.2, 0) is 4.79 Å². The largest absolute Gasteiger partial charge is 0.345 e. The molecule has 3 aromatic rings. The van der Waals surface area contributed by atoms with Crippen molar-refractivity contribution in [2.75, 3.05) is 13.1 Å². The van der Waals surface area contributed by atoms with Crippen LogP contribution in [0.25, 0.3) is 22.2 Å². The van der Waals surface area contributed by atoms with Gasteiger partial charge in [-0.25, -0.2) is 4.79 Å². The molecule has 1 saturated heterocycles. The number of likely N-dealkylation sites (tertiary alicyclic amines) is 1. The van der Waals surface area contributed by atoms with Gasteiger partial charge in [0.15, 0.2) is 0 Å². The lowest BCUT2D eigenvalue weighted by atomic mass is 9.92. The fourth-order valence-corrected chi connectivity index (χ4v) is 3.45. The Hall–Kier alpha value is -2.96. The molecule has 0 unspecified atom stereocenters. The van der Waals surface area contributed by atoms with Gasteiger partial charge in [0.05, 0.1) is 17.4 Å². The topological polar surface area (TPSA) is 94.7 Å². The highest BCUT2D eigenvalue weighted by molar-refractivity contribution is 5.83. The standard InChI is InChI=1S/C18H19N5O2/c1-11(24)23-6-4-12(5-7-23)16-9-17(21-18(25)20-16)13-2-3-15-14(8-13)10-19-22-15/h2-3,8-10,12H,4-7H2,1H3,(H,19,22)(H,20,21,25). The molecule has 1 aliphatic heterocycles. The Bertz CT molecular complexity index is 982. The summed E-state index contributed by atoms with van der Waals surface area (Å²) in [6.07, 6.45) is 3.45. The average Bonchev–Trinajstić information content (AvgIpc) is 3.09. The van der Waals surface area contributed by atoms with Crippen LogP contribution in [-0.4, -0.2) is 44.1 Å². The highest BCUT2D eigenvalue weighted by Gasteiger charge is 2.23. The molecule has 25 heavy (non-hydrogen) atoms. The number of benzene rings is 1. The molecule has 1 amide bonds. The summed E-state index contributed by atoms with van der Waals surface area (Å²) >= 11 is 0. The van der Waals surface area contributed by atoms with Gasteiger partial charge in [-0.3, -0.25) is 9.89 Å². The molecule has 7 nitrogen and oxygen atoms in total. The summed E-state index contributed by atoms with van der Waals surface area (Å²) < 4.78 is 0. The van der Waals surface area contributed by atoms with E-state index in [4.69, 9.17) is 0 Å². The number of piperidine rings is 1. The zero-order chi connectivity index (χ0) is 17.4. The molecule has 128 valence electrons. The van der Waals surface area contributed by atoms with Crippen molar-refractivity contribution >= 4 is 16.8 Å². The first-order valence-electron chi connectivity index (χ1n) is 8.40. The number of carbonyl (C=O) groups is 1. The van der Waals surface area contributed by atoms with Gasteiger partial charge in [-0.15, -0.1) is 0 Å². The van der Waals surface area contributed by atoms with Crippen LogP contribution in [0.4, 0.5) is 0 Å². The third kappa shape index (κ3) is 3.05. The first-order chi connectivity index (χ1) is 12.1. The van der Waals surface area contributed by atoms with Gasteiger partial charge >= 0.3 is 5.69 Å². The first-order valence-corrected chi connectivity index (χ1v) is 8.40. The van der Waals surface area contributed by atoms with Crippen molar-refractivity contribution in [1.29, 1.82) is 0 Å². The summed E-state index contributed by atoms with van der Waals surface area (Å²) in [7, 11) is 0. The number of H-pyrrole nitrogens is 2. The van der Waals surface area contributed by atoms with E-state index in [9.17, 15) is 9.59 Å². The molecule has 3 heterocycles. The number of fused-ring (bicyclic) bond motifs is 1. The molecule has 0 atom stereocenters. The van der Waals surface area contributed by atoms with E-state index in [-0.39, 0.29) is 17.5 Å². The van der Waals surface area contributed by atoms with E-state index >= 15 is 0 Å². The lowest BCUT2D eigenvalue weighted by molar-refractivity contribution is -0.129. The Morgan fingerprint density at radius 2 is 2.04 bits per heavy atom. The molecule has 7 heteroatoms. The Morgan fingerprint density at radius 1 is 1.24 bits per heavy atom. The van der Waals surface area contributed by atoms with Crippen molar-refractivity contribution < 1.29 is 4.79 Å². The van der Waals surface area contributed by atoms with E-state index in [1.165, 1.54) is 0 Å². The summed E-state index contributed by atoms with van der Waals surface area (Å²) in [4.78, 5) is 32.4. The predicted molar refractivity (Wildman–Crippen MR) is 94.2 cm³/mol. The number of rotatable bonds is 2. The van der Waals surface area contributed by atoms with Gasteiger partial charge in [0.25, 0.3) is 0 Å². The molecule has 1 fully saturated rings. The van der Waals surface area contributed by atoms with Gasteiger partial charge in [-0.1, -0.05) is 6.07 Å². The number of nitrogens with zero attached hydrogens (tertiary/aromatic N) is 3. The second-order valence-corrected chi connectivity index (χ2v) is 6.48. The molecule has 0 radical (unpaired) electrons. The summed E-state index contributed by atoms with van der Waals surface area (Å²) in [6, 6.07) is 7.80. The third-order valence-corrected chi connectivity index (χ3v) is 4.88. The number of amides is 1. The molecule has 1 aliphatic rings. The Labute approximate surface area is 144 Å². The summed E-state index contributed by atoms with van der Waals surface area (Å²) in [5.74, 6) is 0.346. The van der Waals surface area contributed by atoms with E-state index in [2.05, 4.69) is 20.2 Å². The quantitative estimate of drug-likeness (QED) is 0.748. The fourth-order valence-electron chi connectivity index (χ4n) is 3.45. The highest BCUT2D eigenvalue weighted by atomic mass is 16.2. The van der Waals surface area contributed by atoms with Crippen LogP contribution in [0, 0.1) is 0 Å². The normalized spacial score (nSPS) is 15.6. The fraction of sp³-hybridized carbons (Fsp3) is 0.333. The van der Waals surface area contributed by atoms with Crippen molar-refractivity contribution in [3.63, 3.8) is 0 Å². The first kappa shape index (κ1) is 15.6. The number of aromatic nitrogens is 4. The summed E-state index contributed by atoms with van der Waals surface area (Å²) in [5.41, 5.74) is 3.06. The molecule has 1 aromatic carbocycles. The maximum atomic E-state index is 12.1. The highest BCUT2D eigenvalue weighted by Crippen LogP contribution is 2.28. The monoisotopic (exact) mass is 337 g/mol. The Balaban J connectivity index is 1.65. The minimum Gasteiger partial charge on any atom is -0.343 e. The van der Waals surface area contributed by atoms with Crippen LogP contribution in [0.1, 0.15) is 31.4 Å². The molecule has 0 aliphatic carbocycles. The molecular formula is C18H19N5O2. The van der Waals surface area contributed by atoms with E-state index in [0.29, 0.717) is 5.69 Å². The van der Waals surface area contributed by atoms with E-state index in [0.717, 1.165) is 48.1 Å². The second-order valence-electron chi connectivity index (χ2n) is 6.48. The maximum absolute atomic E-state index is 12.1. The molecule has 4 rings (SSSR count). The van der Waals surface area contributed by atoms with E-state index in [1.807, 2.05) is 29.2 Å². The summed E-state index contributed by atoms with van der Waals surface area (Å²) in [5, 5.41) is 7.92. The minimum absolute atomic E-state index is 0.107. The lowest BCUT2D eigenvalue weighted by Gasteiger charge is -2.31. The van der Waals surface area contributed by atoms with E-state index < -0.39 is 0 Å². The number of hydrogen-bond donors (Lipinski definition) is 2. The van der Waals surface area contributed by atoms with Crippen LogP contribution < -0.4 is 5.69 Å². The van der Waals surface area contributed by atoms with Crippen LogP contribution in [0.15, 0.2) is 35.3 Å². The van der Waals surface area contributed by atoms with Crippen molar-refractivity contribution in [3.8, 4) is 11.3 Å². The van der Waals surface area contributed by atoms with Crippen LogP contribution in [0.5, 0.6) is 0 Å². The lowest BCUT2D eigenvalue weighted by Crippen LogP contribution is -2.36. The van der Waals surface area contributed by atoms with Crippen molar-refractivity contribution in [1.82, 2.24) is 25.1 Å². The van der Waals surface area contributed by atoms with Gasteiger partial charge in [0.2, 0.25) is 5.91 Å². The van der Waals surface area contributed by atoms with Gasteiger partial charge in [0.1, 0.15) is 0 Å². The number of aromatic amines is 2. The third-order valence-electron chi connectivity index (χ3n) is 4.88. The van der Waals surface area contributed by atoms with Crippen LogP contribution >= 0.6 is 0 Å². The van der Waals surface area contributed by atoms with Crippen molar-refractivity contribution in [3.05, 3.63) is 46.6 Å². The second kappa shape index (κ2) is 6.16. The van der Waals surface area contributed by atoms with Gasteiger partial charge in [-0.2, -0.15) is 10.1 Å². The molecule has 2 N–H and O–H groups in total. The molecule has 0 spiro atoms. The number of carbonyl (C=O) groups excluding carboxylic acids is 1. The maximum Gasteiger partial charge on any atom is 0.345 e. The molecular weight excluding hydrogens is 318 g/mol. The van der Waals surface area contributed by atoms with Crippen molar-refractivity contribution in [2.24, 2.45) is 0 Å². The van der Waals surface area contributed by atoms with Crippen LogP contribution in [0.2, 0.25) is 0 Å². The number of hydrogen-bond acceptors (Lipinski definition) is 4. The Morgan fingerprint density at radius 3 is 2.80 bits per heavy atom. The Kier molecular flexibility index (Phi) is 3.83. The zero-order valence-corrected chi connectivity index (χ0v) is 14.0. The van der Waals surface area contributed by atoms with Gasteiger partial charge in [0, 0.05) is 42.6 Å². The van der Waals surface area contributed by atoms with Gasteiger partial charge < -0.3 is 9.88 Å². The van der Waals surface area contributed by atoms with Crippen molar-refractivity contribution in [2.45, 2.75) is 25.7 Å². The number of nitrogens with one attached hydrogen (secondary N) is 2. The predicted octanol–water partition coefficient (Wildman–Crippen LogP) is 2.04. The summed E-state index contributed by atoms with van der Waals surface area (Å²) in [6.45, 7) is 3.04. The van der Waals surface area contributed by atoms with Crippen LogP contribution in [0.3, 0.4) is 0 Å². The average molecular weight is 337 g/mol. The molecule has 0 saturated carbocycles. The SMILES string of the molecule is CC(=O)N1CCC(c2cc(-c3ccc4[nH]ncc4c3)nc(=O)[nH]2)CC1. The zero-order valence-electron chi connectivity index (χ0n) is 14.0.